The average Bonchev–Trinajstić information content (AvgIpc) is 2.66. The third kappa shape index (κ3) is 4.43. The number of halogens is 1. The van der Waals surface area contributed by atoms with Crippen molar-refractivity contribution in [2.45, 2.75) is 32.7 Å². The molecule has 3 rings (SSSR count). The van der Waals surface area contributed by atoms with Crippen LogP contribution < -0.4 is 0 Å². The average molecular weight is 373 g/mol. The van der Waals surface area contributed by atoms with Gasteiger partial charge in [-0.25, -0.2) is 0 Å². The van der Waals surface area contributed by atoms with Crippen LogP contribution in [0.1, 0.15) is 30.9 Å². The summed E-state index contributed by atoms with van der Waals surface area (Å²) in [6, 6.07) is 11.9. The van der Waals surface area contributed by atoms with E-state index in [0.29, 0.717) is 13.0 Å². The van der Waals surface area contributed by atoms with Crippen LogP contribution in [-0.4, -0.2) is 35.5 Å². The molecule has 1 aromatic carbocycles. The highest BCUT2D eigenvalue weighted by atomic mass is 35.5. The van der Waals surface area contributed by atoms with Gasteiger partial charge in [0.2, 0.25) is 0 Å². The van der Waals surface area contributed by atoms with Crippen molar-refractivity contribution < 1.29 is 9.53 Å². The number of ether oxygens (including phenoxy) is 1. The number of carbonyl (C=O) groups is 1. The van der Waals surface area contributed by atoms with E-state index in [2.05, 4.69) is 9.88 Å². The Kier molecular flexibility index (Phi) is 6.28. The first-order valence-electron chi connectivity index (χ1n) is 9.15. The normalized spacial score (nSPS) is 17.0. The molecule has 0 amide bonds. The molecule has 1 aromatic heterocycles. The zero-order chi connectivity index (χ0) is 18.4. The summed E-state index contributed by atoms with van der Waals surface area (Å²) in [7, 11) is 0. The van der Waals surface area contributed by atoms with Crippen LogP contribution in [0.5, 0.6) is 0 Å². The second-order valence-electron chi connectivity index (χ2n) is 6.90. The lowest BCUT2D eigenvalue weighted by atomic mass is 9.73. The van der Waals surface area contributed by atoms with Crippen molar-refractivity contribution in [1.82, 2.24) is 9.88 Å². The molecule has 1 aliphatic rings. The fourth-order valence-electron chi connectivity index (χ4n) is 3.63. The minimum absolute atomic E-state index is 0.0940. The maximum absolute atomic E-state index is 12.8. The van der Waals surface area contributed by atoms with E-state index >= 15 is 0 Å². The van der Waals surface area contributed by atoms with Crippen LogP contribution in [0.4, 0.5) is 0 Å². The van der Waals surface area contributed by atoms with Crippen LogP contribution in [0.15, 0.2) is 48.8 Å². The van der Waals surface area contributed by atoms with E-state index < -0.39 is 5.41 Å². The van der Waals surface area contributed by atoms with Gasteiger partial charge in [-0.15, -0.1) is 0 Å². The number of likely N-dealkylation sites (tertiary alicyclic amines) is 1. The van der Waals surface area contributed by atoms with Gasteiger partial charge in [0, 0.05) is 24.0 Å². The van der Waals surface area contributed by atoms with Gasteiger partial charge in [-0.3, -0.25) is 14.7 Å². The summed E-state index contributed by atoms with van der Waals surface area (Å²) in [4.78, 5) is 19.3. The van der Waals surface area contributed by atoms with Gasteiger partial charge >= 0.3 is 5.97 Å². The molecule has 0 N–H and O–H groups in total. The lowest BCUT2D eigenvalue weighted by Crippen LogP contribution is -2.46. The molecule has 0 spiro atoms. The van der Waals surface area contributed by atoms with Crippen LogP contribution in [0.3, 0.4) is 0 Å². The predicted molar refractivity (Wildman–Crippen MR) is 103 cm³/mol. The monoisotopic (exact) mass is 372 g/mol. The fraction of sp³-hybridized carbons (Fsp3) is 0.429. The summed E-state index contributed by atoms with van der Waals surface area (Å²) in [6.45, 7) is 4.88. The number of carbonyl (C=O) groups excluding carboxylic acids is 1. The predicted octanol–water partition coefficient (Wildman–Crippen LogP) is 4.12. The second-order valence-corrected chi connectivity index (χ2v) is 7.31. The van der Waals surface area contributed by atoms with Crippen LogP contribution in [0.2, 0.25) is 5.02 Å². The maximum atomic E-state index is 12.8. The van der Waals surface area contributed by atoms with Gasteiger partial charge in [0.15, 0.2) is 0 Å². The Bertz CT molecular complexity index is 728. The zero-order valence-electron chi connectivity index (χ0n) is 15.2. The SMILES string of the molecule is CCOC(=O)C1(Cc2ccccc2Cl)CCN(Cc2ccncc2)CC1. The van der Waals surface area contributed by atoms with Gasteiger partial charge in [0.05, 0.1) is 12.0 Å². The Labute approximate surface area is 160 Å². The van der Waals surface area contributed by atoms with E-state index in [9.17, 15) is 4.79 Å². The number of pyridine rings is 1. The van der Waals surface area contributed by atoms with E-state index in [1.165, 1.54) is 5.56 Å². The zero-order valence-corrected chi connectivity index (χ0v) is 15.9. The first-order valence-corrected chi connectivity index (χ1v) is 9.53. The van der Waals surface area contributed by atoms with Crippen LogP contribution in [0.25, 0.3) is 0 Å². The third-order valence-corrected chi connectivity index (χ3v) is 5.53. The van der Waals surface area contributed by atoms with Gasteiger partial charge in [0.25, 0.3) is 0 Å². The second kappa shape index (κ2) is 8.65. The first kappa shape index (κ1) is 18.9. The molecule has 0 atom stereocenters. The molecule has 0 saturated carbocycles. The fourth-order valence-corrected chi connectivity index (χ4v) is 3.83. The molecule has 4 nitrogen and oxygen atoms in total. The standard InChI is InChI=1S/C21H25ClN2O2/c1-2-26-20(25)21(15-18-5-3-4-6-19(18)22)9-13-24(14-10-21)16-17-7-11-23-12-8-17/h3-8,11-12H,2,9-10,13-16H2,1H3. The van der Waals surface area contributed by atoms with Gasteiger partial charge in [-0.05, 0) is 68.6 Å². The Balaban J connectivity index is 1.72. The van der Waals surface area contributed by atoms with Gasteiger partial charge in [0.1, 0.15) is 0 Å². The van der Waals surface area contributed by atoms with Crippen LogP contribution in [0, 0.1) is 5.41 Å². The Morgan fingerprint density at radius 2 is 1.88 bits per heavy atom. The van der Waals surface area contributed by atoms with E-state index in [1.807, 2.05) is 55.7 Å². The molecule has 0 unspecified atom stereocenters. The smallest absolute Gasteiger partial charge is 0.312 e. The first-order chi connectivity index (χ1) is 12.6. The minimum Gasteiger partial charge on any atom is -0.466 e. The van der Waals surface area contributed by atoms with Gasteiger partial charge in [-0.2, -0.15) is 0 Å². The molecular formula is C21H25ClN2O2. The van der Waals surface area contributed by atoms with E-state index in [0.717, 1.165) is 43.1 Å². The summed E-state index contributed by atoms with van der Waals surface area (Å²) in [5, 5.41) is 0.718. The van der Waals surface area contributed by atoms with Crippen molar-refractivity contribution in [2.24, 2.45) is 5.41 Å². The van der Waals surface area contributed by atoms with Crippen LogP contribution in [-0.2, 0) is 22.5 Å². The summed E-state index contributed by atoms with van der Waals surface area (Å²) in [5.41, 5.74) is 1.77. The number of nitrogens with zero attached hydrogens (tertiary/aromatic N) is 2. The quantitative estimate of drug-likeness (QED) is 0.715. The highest BCUT2D eigenvalue weighted by Crippen LogP contribution is 2.38. The molecule has 0 aliphatic carbocycles. The molecule has 2 aromatic rings. The number of rotatable bonds is 6. The highest BCUT2D eigenvalue weighted by Gasteiger charge is 2.43. The molecule has 0 bridgehead atoms. The number of benzene rings is 1. The largest absolute Gasteiger partial charge is 0.466 e. The van der Waals surface area contributed by atoms with Crippen molar-refractivity contribution in [3.05, 3.63) is 64.9 Å². The van der Waals surface area contributed by atoms with Crippen molar-refractivity contribution in [3.63, 3.8) is 0 Å². The molecule has 138 valence electrons. The van der Waals surface area contributed by atoms with Crippen molar-refractivity contribution in [3.8, 4) is 0 Å². The summed E-state index contributed by atoms with van der Waals surface area (Å²) in [6.07, 6.45) is 5.83. The number of hydrogen-bond acceptors (Lipinski definition) is 4. The topological polar surface area (TPSA) is 42.4 Å². The van der Waals surface area contributed by atoms with Gasteiger partial charge < -0.3 is 4.74 Å². The lowest BCUT2D eigenvalue weighted by molar-refractivity contribution is -0.158. The number of esters is 1. The van der Waals surface area contributed by atoms with Crippen LogP contribution >= 0.6 is 11.6 Å². The molecule has 1 aliphatic heterocycles. The molecule has 1 saturated heterocycles. The Morgan fingerprint density at radius 3 is 2.54 bits per heavy atom. The molecule has 0 radical (unpaired) electrons. The summed E-state index contributed by atoms with van der Waals surface area (Å²) < 4.78 is 5.44. The van der Waals surface area contributed by atoms with Gasteiger partial charge in [-0.1, -0.05) is 29.8 Å². The van der Waals surface area contributed by atoms with E-state index in [1.54, 1.807) is 0 Å². The minimum atomic E-state index is -0.490. The van der Waals surface area contributed by atoms with E-state index in [4.69, 9.17) is 16.3 Å². The molecule has 26 heavy (non-hydrogen) atoms. The lowest BCUT2D eigenvalue weighted by Gasteiger charge is -2.40. The van der Waals surface area contributed by atoms with E-state index in [-0.39, 0.29) is 5.97 Å². The summed E-state index contributed by atoms with van der Waals surface area (Å²) >= 11 is 6.35. The molecule has 2 heterocycles. The molecule has 5 heteroatoms. The summed E-state index contributed by atoms with van der Waals surface area (Å²) in [5.74, 6) is -0.0940. The molecule has 1 fully saturated rings. The van der Waals surface area contributed by atoms with Crippen molar-refractivity contribution >= 4 is 17.6 Å². The molecular weight excluding hydrogens is 348 g/mol. The highest BCUT2D eigenvalue weighted by molar-refractivity contribution is 6.31. The Morgan fingerprint density at radius 1 is 1.19 bits per heavy atom. The number of aromatic nitrogens is 1. The number of hydrogen-bond donors (Lipinski definition) is 0. The number of piperidine rings is 1. The maximum Gasteiger partial charge on any atom is 0.312 e. The third-order valence-electron chi connectivity index (χ3n) is 5.16. The van der Waals surface area contributed by atoms with Crippen molar-refractivity contribution in [1.29, 1.82) is 0 Å². The van der Waals surface area contributed by atoms with Crippen molar-refractivity contribution in [2.75, 3.05) is 19.7 Å². The Hall–Kier alpha value is -1.91.